The van der Waals surface area contributed by atoms with Crippen LogP contribution < -0.4 is 16.9 Å². The summed E-state index contributed by atoms with van der Waals surface area (Å²) in [5, 5.41) is 34.8. The molecule has 0 atom stereocenters. The van der Waals surface area contributed by atoms with Crippen molar-refractivity contribution in [3.05, 3.63) is 99.5 Å². The van der Waals surface area contributed by atoms with Gasteiger partial charge in [-0.2, -0.15) is 19.3 Å². The first-order valence-electron chi connectivity index (χ1n) is 12.7. The van der Waals surface area contributed by atoms with Crippen LogP contribution in [-0.4, -0.2) is 27.1 Å². The first kappa shape index (κ1) is 36.7. The maximum atomic E-state index is 13.2. The average Bonchev–Trinajstić information content (AvgIpc) is 2.95. The van der Waals surface area contributed by atoms with E-state index in [-0.39, 0.29) is 18.8 Å². The van der Waals surface area contributed by atoms with Gasteiger partial charge in [-0.25, -0.2) is 9.97 Å². The van der Waals surface area contributed by atoms with Crippen LogP contribution in [0.2, 0.25) is 0 Å². The first-order chi connectivity index (χ1) is 19.8. The summed E-state index contributed by atoms with van der Waals surface area (Å²) in [6, 6.07) is 16.5. The number of benzene rings is 2. The van der Waals surface area contributed by atoms with Crippen molar-refractivity contribution in [3.8, 4) is 23.3 Å². The number of nitrogens with two attached hydrogens (primary N) is 2. The molecule has 0 amide bonds. The van der Waals surface area contributed by atoms with Crippen molar-refractivity contribution in [2.24, 2.45) is 0 Å². The monoisotopic (exact) mass is 650 g/mol. The Morgan fingerprint density at radius 3 is 1.72 bits per heavy atom. The molecule has 2 heterocycles. The summed E-state index contributed by atoms with van der Waals surface area (Å²) >= 11 is 3.33. The Labute approximate surface area is 259 Å². The van der Waals surface area contributed by atoms with E-state index in [0.29, 0.717) is 33.9 Å². The second-order valence-electron chi connectivity index (χ2n) is 9.67. The number of hydrogen-bond acceptors (Lipinski definition) is 8. The minimum absolute atomic E-state index is 0. The highest BCUT2D eigenvalue weighted by Gasteiger charge is 2.14. The molecule has 43 heavy (non-hydrogen) atoms. The van der Waals surface area contributed by atoms with Gasteiger partial charge in [0.1, 0.15) is 0 Å². The van der Waals surface area contributed by atoms with E-state index < -0.39 is 19.0 Å². The van der Waals surface area contributed by atoms with Crippen molar-refractivity contribution in [3.63, 3.8) is 0 Å². The molecule has 0 fully saturated rings. The van der Waals surface area contributed by atoms with Gasteiger partial charge in [0.05, 0.1) is 23.3 Å². The number of pyridine rings is 2. The van der Waals surface area contributed by atoms with E-state index >= 15 is 0 Å². The maximum absolute atomic E-state index is 13.2. The molecule has 0 saturated heterocycles. The number of hydrogen-bond donors (Lipinski definition) is 4. The van der Waals surface area contributed by atoms with E-state index in [1.165, 1.54) is 24.5 Å². The van der Waals surface area contributed by atoms with Gasteiger partial charge >= 0.3 is 7.12 Å². The molecule has 0 unspecified atom stereocenters. The lowest BCUT2D eigenvalue weighted by atomic mass is 9.81. The van der Waals surface area contributed by atoms with Crippen LogP contribution in [0.3, 0.4) is 0 Å². The van der Waals surface area contributed by atoms with Crippen LogP contribution in [0.15, 0.2) is 65.4 Å². The predicted molar refractivity (Wildman–Crippen MR) is 171 cm³/mol. The Morgan fingerprint density at radius 2 is 1.28 bits per heavy atom. The molecule has 0 spiro atoms. The van der Waals surface area contributed by atoms with E-state index in [4.69, 9.17) is 32.0 Å². The van der Waals surface area contributed by atoms with Crippen LogP contribution in [0.4, 0.5) is 20.2 Å². The third kappa shape index (κ3) is 10.5. The fourth-order valence-electron chi connectivity index (χ4n) is 3.79. The molecule has 0 bridgehead atoms. The molecular formula is C31H34BBrF2N6O2. The van der Waals surface area contributed by atoms with Gasteiger partial charge in [-0.1, -0.05) is 35.1 Å². The summed E-state index contributed by atoms with van der Waals surface area (Å²) in [7, 11) is -1.63. The second kappa shape index (κ2) is 16.9. The Kier molecular flexibility index (Phi) is 14.4. The van der Waals surface area contributed by atoms with Crippen molar-refractivity contribution in [1.29, 1.82) is 10.5 Å². The predicted octanol–water partition coefficient (Wildman–Crippen LogP) is 6.03. The molecule has 6 N–H and O–H groups in total. The van der Waals surface area contributed by atoms with Gasteiger partial charge in [-0.3, -0.25) is 0 Å². The number of halogens is 3. The smallest absolute Gasteiger partial charge is 0.423 e. The topological polar surface area (TPSA) is 166 Å². The van der Waals surface area contributed by atoms with E-state index in [1.54, 1.807) is 24.3 Å². The number of nitriles is 2. The fraction of sp³-hybridized carbons (Fsp3) is 0.226. The summed E-state index contributed by atoms with van der Waals surface area (Å²) in [6.07, 6.45) is 2.56. The Hall–Kier alpha value is -4.36. The molecule has 0 saturated carbocycles. The van der Waals surface area contributed by atoms with Crippen molar-refractivity contribution < 1.29 is 18.8 Å². The first-order valence-corrected chi connectivity index (χ1v) is 13.5. The van der Waals surface area contributed by atoms with E-state index in [0.717, 1.165) is 27.4 Å². The Bertz CT molecular complexity index is 1620. The van der Waals surface area contributed by atoms with Gasteiger partial charge in [-0.05, 0) is 92.4 Å². The zero-order valence-corrected chi connectivity index (χ0v) is 25.1. The van der Waals surface area contributed by atoms with Crippen molar-refractivity contribution in [2.75, 3.05) is 11.5 Å². The molecule has 0 radical (unpaired) electrons. The van der Waals surface area contributed by atoms with E-state index in [1.807, 2.05) is 19.9 Å². The molecule has 4 aromatic rings. The summed E-state index contributed by atoms with van der Waals surface area (Å²) in [5.74, 6) is -0.751. The summed E-state index contributed by atoms with van der Waals surface area (Å²) in [6.45, 7) is 8.12. The zero-order valence-electron chi connectivity index (χ0n) is 23.5. The van der Waals surface area contributed by atoms with Crippen molar-refractivity contribution in [1.82, 2.24) is 9.97 Å². The highest BCUT2D eigenvalue weighted by atomic mass is 79.9. The van der Waals surface area contributed by atoms with Crippen LogP contribution in [0, 0.1) is 34.6 Å². The number of nitrogen functional groups attached to an aromatic ring is 2. The molecule has 0 aliphatic rings. The molecule has 0 aliphatic heterocycles. The Morgan fingerprint density at radius 1 is 0.791 bits per heavy atom. The average molecular weight is 651 g/mol. The van der Waals surface area contributed by atoms with Crippen LogP contribution in [0.5, 0.6) is 0 Å². The molecule has 12 heteroatoms. The standard InChI is InChI=1S/C15H14FN3.C10H11BrN2.C5H5BFNO2.CH4/c1-9(2)12-5-10(8-17)6-13(15(12)18)11-3-4-19-14(16)7-11;1-6(2)8-3-7(5-12)4-9(11)10(8)13;7-5-3-4(6(9)10)1-2-8-5;/h3-7,9H,18H2,1-2H3;3-4,6H,13H2,1-2H3;1-3,9-10H;1H4. The lowest BCUT2D eigenvalue weighted by Gasteiger charge is -2.14. The third-order valence-electron chi connectivity index (χ3n) is 5.96. The van der Waals surface area contributed by atoms with E-state index in [2.05, 4.69) is 51.9 Å². The zero-order chi connectivity index (χ0) is 31.6. The maximum Gasteiger partial charge on any atom is 0.488 e. The number of aromatic nitrogens is 2. The normalized spacial score (nSPS) is 9.88. The minimum atomic E-state index is -1.63. The van der Waals surface area contributed by atoms with Gasteiger partial charge in [0, 0.05) is 39.9 Å². The van der Waals surface area contributed by atoms with Crippen LogP contribution >= 0.6 is 15.9 Å². The molecule has 4 rings (SSSR count). The highest BCUT2D eigenvalue weighted by Crippen LogP contribution is 2.34. The van der Waals surface area contributed by atoms with Gasteiger partial charge in [-0.15, -0.1) is 0 Å². The molecule has 2 aromatic heterocycles. The lowest BCUT2D eigenvalue weighted by molar-refractivity contribution is 0.425. The Balaban J connectivity index is 0.000000337. The van der Waals surface area contributed by atoms with E-state index in [9.17, 15) is 8.78 Å². The SMILES string of the molecule is C.CC(C)c1cc(C#N)cc(-c2ccnc(F)c2)c1N.CC(C)c1cc(C#N)cc(Br)c1N.OB(O)c1ccnc(F)c1. The highest BCUT2D eigenvalue weighted by molar-refractivity contribution is 9.10. The number of rotatable bonds is 4. The lowest BCUT2D eigenvalue weighted by Crippen LogP contribution is -2.30. The van der Waals surface area contributed by atoms with Crippen molar-refractivity contribution in [2.45, 2.75) is 47.0 Å². The van der Waals surface area contributed by atoms with Gasteiger partial charge in [0.15, 0.2) is 0 Å². The molecular weight excluding hydrogens is 617 g/mol. The van der Waals surface area contributed by atoms with Gasteiger partial charge in [0.2, 0.25) is 11.9 Å². The molecule has 0 aliphatic carbocycles. The number of anilines is 2. The van der Waals surface area contributed by atoms with Crippen LogP contribution in [-0.2, 0) is 0 Å². The number of nitrogens with zero attached hydrogens (tertiary/aromatic N) is 4. The van der Waals surface area contributed by atoms with Gasteiger partial charge < -0.3 is 21.5 Å². The van der Waals surface area contributed by atoms with Crippen LogP contribution in [0.25, 0.3) is 11.1 Å². The summed E-state index contributed by atoms with van der Waals surface area (Å²) in [4.78, 5) is 6.76. The summed E-state index contributed by atoms with van der Waals surface area (Å²) in [5.41, 5.74) is 17.8. The van der Waals surface area contributed by atoms with Gasteiger partial charge in [0.25, 0.3) is 0 Å². The second-order valence-corrected chi connectivity index (χ2v) is 10.5. The van der Waals surface area contributed by atoms with Crippen molar-refractivity contribution >= 4 is 39.9 Å². The van der Waals surface area contributed by atoms with Crippen LogP contribution in [0.1, 0.15) is 69.2 Å². The largest absolute Gasteiger partial charge is 0.488 e. The summed E-state index contributed by atoms with van der Waals surface area (Å²) < 4.78 is 26.2. The quantitative estimate of drug-likeness (QED) is 0.118. The molecule has 2 aromatic carbocycles. The third-order valence-corrected chi connectivity index (χ3v) is 6.62. The minimum Gasteiger partial charge on any atom is -0.423 e. The fourth-order valence-corrected chi connectivity index (χ4v) is 4.26. The molecule has 8 nitrogen and oxygen atoms in total. The molecule has 224 valence electrons.